The van der Waals surface area contributed by atoms with Crippen molar-refractivity contribution in [2.24, 2.45) is 11.3 Å². The molecule has 0 bridgehead atoms. The molecule has 0 radical (unpaired) electrons. The number of hydrogen-bond donors (Lipinski definition) is 2. The van der Waals surface area contributed by atoms with E-state index < -0.39 is 28.6 Å². The summed E-state index contributed by atoms with van der Waals surface area (Å²) in [5.41, 5.74) is -3.42. The quantitative estimate of drug-likeness (QED) is 0.446. The third kappa shape index (κ3) is 1.62. The molecule has 2 N–H and O–H groups in total. The van der Waals surface area contributed by atoms with Gasteiger partial charge in [0, 0.05) is 11.8 Å². The van der Waals surface area contributed by atoms with E-state index in [0.29, 0.717) is 6.42 Å². The summed E-state index contributed by atoms with van der Waals surface area (Å²) in [6, 6.07) is 0. The lowest BCUT2D eigenvalue weighted by atomic mass is 9.58. The Labute approximate surface area is 139 Å². The van der Waals surface area contributed by atoms with Crippen LogP contribution in [0.15, 0.2) is 0 Å². The Kier molecular flexibility index (Phi) is 3.14. The molecular weight excluding hydrogens is 322 g/mol. The number of aliphatic hydroxyl groups is 1. The standard InChI is InChI=1S/C16H22ClNO5/c1-14(6-7-17)12(20)18-16(13(21)23-15(14,16)2)11(19)8-4-3-5-9-10(8)22-9/h8-11,19H,3-7H2,1-2H3,(H,18,20)/t8-,9?,10?,11-,14-,15-,16-/m0/s1. The van der Waals surface area contributed by atoms with Crippen LogP contribution in [0, 0.1) is 11.3 Å². The second kappa shape index (κ2) is 4.61. The predicted molar refractivity (Wildman–Crippen MR) is 80.8 cm³/mol. The summed E-state index contributed by atoms with van der Waals surface area (Å²) in [4.78, 5) is 25.0. The topological polar surface area (TPSA) is 88.2 Å². The van der Waals surface area contributed by atoms with Gasteiger partial charge in [0.25, 0.3) is 0 Å². The van der Waals surface area contributed by atoms with E-state index in [1.807, 2.05) is 0 Å². The zero-order valence-electron chi connectivity index (χ0n) is 13.3. The maximum atomic E-state index is 12.6. The Morgan fingerprint density at radius 2 is 2.13 bits per heavy atom. The van der Waals surface area contributed by atoms with Crippen LogP contribution in [0.25, 0.3) is 0 Å². The third-order valence-electron chi connectivity index (χ3n) is 6.75. The zero-order valence-corrected chi connectivity index (χ0v) is 14.1. The Morgan fingerprint density at radius 1 is 1.39 bits per heavy atom. The molecule has 2 unspecified atom stereocenters. The van der Waals surface area contributed by atoms with Crippen molar-refractivity contribution in [2.75, 3.05) is 5.88 Å². The van der Waals surface area contributed by atoms with E-state index in [4.69, 9.17) is 21.1 Å². The lowest BCUT2D eigenvalue weighted by Gasteiger charge is -2.57. The fraction of sp³-hybridized carbons (Fsp3) is 0.875. The van der Waals surface area contributed by atoms with Gasteiger partial charge in [0.05, 0.1) is 23.7 Å². The van der Waals surface area contributed by atoms with Crippen molar-refractivity contribution in [3.8, 4) is 0 Å². The summed E-state index contributed by atoms with van der Waals surface area (Å²) < 4.78 is 11.1. The molecule has 3 aliphatic heterocycles. The Hall–Kier alpha value is -0.850. The lowest BCUT2D eigenvalue weighted by Crippen LogP contribution is -2.81. The molecule has 0 aromatic rings. The van der Waals surface area contributed by atoms with Crippen LogP contribution in [0.1, 0.15) is 39.5 Å². The van der Waals surface area contributed by atoms with Gasteiger partial charge in [-0.1, -0.05) is 6.42 Å². The summed E-state index contributed by atoms with van der Waals surface area (Å²) in [6.07, 6.45) is 2.29. The number of aliphatic hydroxyl groups excluding tert-OH is 1. The first-order valence-electron chi connectivity index (χ1n) is 8.27. The molecule has 4 rings (SSSR count). The number of carbonyl (C=O) groups is 2. The van der Waals surface area contributed by atoms with Gasteiger partial charge in [0.15, 0.2) is 5.60 Å². The number of ether oxygens (including phenoxy) is 2. The molecule has 1 aliphatic carbocycles. The number of carbonyl (C=O) groups excluding carboxylic acids is 2. The van der Waals surface area contributed by atoms with Crippen molar-refractivity contribution in [3.05, 3.63) is 0 Å². The molecule has 7 atom stereocenters. The largest absolute Gasteiger partial charge is 0.453 e. The average Bonchev–Trinajstić information content (AvgIpc) is 3.28. The van der Waals surface area contributed by atoms with Gasteiger partial charge in [0.2, 0.25) is 11.4 Å². The number of rotatable bonds is 4. The normalized spacial score (nSPS) is 51.9. The minimum Gasteiger partial charge on any atom is -0.453 e. The summed E-state index contributed by atoms with van der Waals surface area (Å²) >= 11 is 5.87. The summed E-state index contributed by atoms with van der Waals surface area (Å²) in [6.45, 7) is 3.49. The van der Waals surface area contributed by atoms with Gasteiger partial charge < -0.3 is 19.9 Å². The molecule has 3 saturated heterocycles. The second-order valence-electron chi connectivity index (χ2n) is 7.63. The van der Waals surface area contributed by atoms with Crippen LogP contribution in [0.4, 0.5) is 0 Å². The Balaban J connectivity index is 1.71. The van der Waals surface area contributed by atoms with Gasteiger partial charge in [-0.15, -0.1) is 11.6 Å². The highest BCUT2D eigenvalue weighted by Gasteiger charge is 2.84. The summed E-state index contributed by atoms with van der Waals surface area (Å²) in [7, 11) is 0. The van der Waals surface area contributed by atoms with Crippen LogP contribution >= 0.6 is 11.6 Å². The monoisotopic (exact) mass is 343 g/mol. The number of epoxide rings is 1. The van der Waals surface area contributed by atoms with Crippen LogP contribution in [0.2, 0.25) is 0 Å². The minimum absolute atomic E-state index is 0.0115. The molecule has 0 aromatic heterocycles. The SMILES string of the molecule is C[C@@]12OC(=O)[C@]1([C@@H](O)[C@H]1CCCC3OC31)NC(=O)[C@]2(C)CCCl. The Morgan fingerprint density at radius 3 is 2.78 bits per heavy atom. The first-order chi connectivity index (χ1) is 10.8. The highest BCUT2D eigenvalue weighted by molar-refractivity contribution is 6.18. The molecule has 6 nitrogen and oxygen atoms in total. The number of alkyl halides is 1. The molecule has 1 saturated carbocycles. The molecule has 7 heteroatoms. The van der Waals surface area contributed by atoms with Crippen molar-refractivity contribution in [3.63, 3.8) is 0 Å². The summed E-state index contributed by atoms with van der Waals surface area (Å²) in [5.74, 6) is -0.711. The van der Waals surface area contributed by atoms with E-state index in [1.54, 1.807) is 13.8 Å². The van der Waals surface area contributed by atoms with Gasteiger partial charge in [-0.25, -0.2) is 4.79 Å². The smallest absolute Gasteiger partial charge is 0.339 e. The highest BCUT2D eigenvalue weighted by atomic mass is 35.5. The number of fused-ring (bicyclic) bond motifs is 2. The van der Waals surface area contributed by atoms with Crippen molar-refractivity contribution < 1.29 is 24.2 Å². The molecule has 128 valence electrons. The molecule has 23 heavy (non-hydrogen) atoms. The molecular formula is C16H22ClNO5. The minimum atomic E-state index is -1.39. The van der Waals surface area contributed by atoms with Crippen molar-refractivity contribution in [1.82, 2.24) is 5.32 Å². The maximum absolute atomic E-state index is 12.6. The van der Waals surface area contributed by atoms with E-state index in [-0.39, 0.29) is 29.9 Å². The van der Waals surface area contributed by atoms with Gasteiger partial charge >= 0.3 is 5.97 Å². The van der Waals surface area contributed by atoms with Crippen LogP contribution in [0.5, 0.6) is 0 Å². The molecule has 4 fully saturated rings. The second-order valence-corrected chi connectivity index (χ2v) is 8.01. The lowest BCUT2D eigenvalue weighted by molar-refractivity contribution is -0.251. The molecule has 0 aromatic carbocycles. The van der Waals surface area contributed by atoms with E-state index >= 15 is 0 Å². The van der Waals surface area contributed by atoms with E-state index in [0.717, 1.165) is 19.3 Å². The maximum Gasteiger partial charge on any atom is 0.339 e. The number of amides is 1. The number of nitrogens with one attached hydrogen (secondary N) is 1. The summed E-state index contributed by atoms with van der Waals surface area (Å²) in [5, 5.41) is 13.9. The number of halogens is 1. The average molecular weight is 344 g/mol. The molecule has 1 amide bonds. The van der Waals surface area contributed by atoms with Gasteiger partial charge in [-0.05, 0) is 33.1 Å². The van der Waals surface area contributed by atoms with Gasteiger partial charge in [-0.3, -0.25) is 4.79 Å². The third-order valence-corrected chi connectivity index (χ3v) is 6.94. The van der Waals surface area contributed by atoms with E-state index in [1.165, 1.54) is 0 Å². The van der Waals surface area contributed by atoms with Crippen LogP contribution < -0.4 is 5.32 Å². The zero-order chi connectivity index (χ0) is 16.6. The predicted octanol–water partition coefficient (Wildman–Crippen LogP) is 0.734. The van der Waals surface area contributed by atoms with E-state index in [9.17, 15) is 14.7 Å². The fourth-order valence-electron chi connectivity index (χ4n) is 4.91. The molecule has 0 spiro atoms. The van der Waals surface area contributed by atoms with Crippen LogP contribution in [-0.4, -0.2) is 52.3 Å². The van der Waals surface area contributed by atoms with Gasteiger partial charge in [0.1, 0.15) is 0 Å². The van der Waals surface area contributed by atoms with Crippen LogP contribution in [0.3, 0.4) is 0 Å². The number of hydrogen-bond acceptors (Lipinski definition) is 5. The van der Waals surface area contributed by atoms with Gasteiger partial charge in [-0.2, -0.15) is 0 Å². The first-order valence-corrected chi connectivity index (χ1v) is 8.81. The van der Waals surface area contributed by atoms with Crippen molar-refractivity contribution in [2.45, 2.75) is 69.0 Å². The fourth-order valence-corrected chi connectivity index (χ4v) is 5.29. The molecule has 4 aliphatic rings. The number of esters is 1. The highest BCUT2D eigenvalue weighted by Crippen LogP contribution is 2.60. The molecule has 3 heterocycles. The van der Waals surface area contributed by atoms with E-state index in [2.05, 4.69) is 5.32 Å². The van der Waals surface area contributed by atoms with Crippen molar-refractivity contribution >= 4 is 23.5 Å². The van der Waals surface area contributed by atoms with Crippen molar-refractivity contribution in [1.29, 1.82) is 0 Å². The first kappa shape index (κ1) is 15.7. The van der Waals surface area contributed by atoms with Crippen LogP contribution in [-0.2, 0) is 19.1 Å². The Bertz CT molecular complexity index is 585.